The maximum atomic E-state index is 12.8. The van der Waals surface area contributed by atoms with Crippen molar-refractivity contribution in [3.8, 4) is 5.69 Å². The third-order valence-corrected chi connectivity index (χ3v) is 4.91. The van der Waals surface area contributed by atoms with Crippen LogP contribution in [0.25, 0.3) is 5.69 Å². The zero-order chi connectivity index (χ0) is 20.6. The molecule has 29 heavy (non-hydrogen) atoms. The van der Waals surface area contributed by atoms with Gasteiger partial charge in [-0.1, -0.05) is 17.7 Å². The lowest BCUT2D eigenvalue weighted by molar-refractivity contribution is -0.118. The molecule has 2 amide bonds. The first kappa shape index (κ1) is 20.5. The Labute approximate surface area is 173 Å². The van der Waals surface area contributed by atoms with E-state index in [-0.39, 0.29) is 11.8 Å². The van der Waals surface area contributed by atoms with Gasteiger partial charge in [0.2, 0.25) is 5.91 Å². The Morgan fingerprint density at radius 2 is 1.97 bits per heavy atom. The molecule has 0 aliphatic rings. The van der Waals surface area contributed by atoms with E-state index in [1.807, 2.05) is 25.3 Å². The molecule has 0 bridgehead atoms. The third-order valence-electron chi connectivity index (χ3n) is 4.26. The van der Waals surface area contributed by atoms with Crippen molar-refractivity contribution < 1.29 is 9.59 Å². The highest BCUT2D eigenvalue weighted by atomic mass is 32.2. The van der Waals surface area contributed by atoms with Crippen molar-refractivity contribution in [3.63, 3.8) is 0 Å². The normalized spacial score (nSPS) is 11.7. The molecule has 2 aromatic carbocycles. The molecule has 150 valence electrons. The number of benzene rings is 2. The molecular weight excluding hydrogens is 388 g/mol. The summed E-state index contributed by atoms with van der Waals surface area (Å²) in [5.41, 5.74) is 2.94. The van der Waals surface area contributed by atoms with Crippen molar-refractivity contribution in [1.29, 1.82) is 0 Å². The summed E-state index contributed by atoms with van der Waals surface area (Å²) in [5.74, 6) is 0.240. The van der Waals surface area contributed by atoms with E-state index in [4.69, 9.17) is 0 Å². The van der Waals surface area contributed by atoms with Gasteiger partial charge in [-0.05, 0) is 72.2 Å². The maximum absolute atomic E-state index is 12.8. The number of rotatable bonds is 8. The maximum Gasteiger partial charge on any atom is 0.251 e. The number of hydrogen-bond acceptors (Lipinski definition) is 6. The van der Waals surface area contributed by atoms with Crippen molar-refractivity contribution in [2.75, 3.05) is 17.3 Å². The van der Waals surface area contributed by atoms with Gasteiger partial charge in [0.15, 0.2) is 0 Å². The largest absolute Gasteiger partial charge is 0.340 e. The molecule has 0 unspecified atom stereocenters. The van der Waals surface area contributed by atoms with E-state index in [0.29, 0.717) is 17.7 Å². The van der Waals surface area contributed by atoms with E-state index in [1.165, 1.54) is 11.0 Å². The molecule has 0 fully saturated rings. The van der Waals surface area contributed by atoms with Crippen LogP contribution in [0.4, 0.5) is 5.69 Å². The number of nitrogens with zero attached hydrogens (tertiary/aromatic N) is 4. The van der Waals surface area contributed by atoms with E-state index in [1.54, 1.807) is 48.2 Å². The van der Waals surface area contributed by atoms with Crippen LogP contribution in [0.1, 0.15) is 22.3 Å². The number of aryl methyl sites for hydroxylation is 1. The quantitative estimate of drug-likeness (QED) is 0.591. The zero-order valence-corrected chi connectivity index (χ0v) is 17.0. The van der Waals surface area contributed by atoms with Gasteiger partial charge in [-0.2, -0.15) is 11.8 Å². The van der Waals surface area contributed by atoms with Gasteiger partial charge in [0.05, 0.1) is 5.69 Å². The molecule has 0 aliphatic heterocycles. The Morgan fingerprint density at radius 1 is 1.17 bits per heavy atom. The summed E-state index contributed by atoms with van der Waals surface area (Å²) in [7, 11) is 0. The Bertz CT molecular complexity index is 959. The molecule has 3 aromatic rings. The molecule has 0 saturated carbocycles. The SMILES string of the molecule is CSCC[C@H](NC(=O)c1cccc(C)c1)C(=O)Nc1ccc(-n2cnnn2)cc1. The van der Waals surface area contributed by atoms with Crippen LogP contribution in [-0.4, -0.2) is 50.1 Å². The number of anilines is 1. The third kappa shape index (κ3) is 5.64. The molecule has 0 saturated heterocycles. The van der Waals surface area contributed by atoms with Gasteiger partial charge in [0, 0.05) is 11.3 Å². The van der Waals surface area contributed by atoms with Gasteiger partial charge >= 0.3 is 0 Å². The Morgan fingerprint density at radius 3 is 2.62 bits per heavy atom. The molecule has 2 N–H and O–H groups in total. The predicted octanol–water partition coefficient (Wildman–Crippen LogP) is 2.46. The highest BCUT2D eigenvalue weighted by Gasteiger charge is 2.21. The van der Waals surface area contributed by atoms with Crippen molar-refractivity contribution >= 4 is 29.3 Å². The second-order valence-corrected chi connectivity index (χ2v) is 7.45. The molecule has 1 aromatic heterocycles. The first-order valence-electron chi connectivity index (χ1n) is 9.07. The molecule has 1 atom stereocenters. The molecule has 0 spiro atoms. The summed E-state index contributed by atoms with van der Waals surface area (Å²) >= 11 is 1.63. The summed E-state index contributed by atoms with van der Waals surface area (Å²) in [5, 5.41) is 16.7. The van der Waals surface area contributed by atoms with Gasteiger partial charge in [0.1, 0.15) is 12.4 Å². The molecule has 1 heterocycles. The average Bonchev–Trinajstić information content (AvgIpc) is 3.26. The molecule has 9 heteroatoms. The van der Waals surface area contributed by atoms with Gasteiger partial charge in [-0.3, -0.25) is 9.59 Å². The van der Waals surface area contributed by atoms with Crippen LogP contribution in [0, 0.1) is 6.92 Å². The lowest BCUT2D eigenvalue weighted by atomic mass is 10.1. The predicted molar refractivity (Wildman–Crippen MR) is 113 cm³/mol. The Kier molecular flexibility index (Phi) is 6.96. The van der Waals surface area contributed by atoms with Crippen molar-refractivity contribution in [1.82, 2.24) is 25.5 Å². The number of tetrazole rings is 1. The first-order chi connectivity index (χ1) is 14.1. The molecule has 8 nitrogen and oxygen atoms in total. The lowest BCUT2D eigenvalue weighted by Gasteiger charge is -2.18. The minimum Gasteiger partial charge on any atom is -0.340 e. The van der Waals surface area contributed by atoms with E-state index in [2.05, 4.69) is 26.2 Å². The number of amides is 2. The van der Waals surface area contributed by atoms with Crippen LogP contribution in [0.15, 0.2) is 54.9 Å². The van der Waals surface area contributed by atoms with Crippen LogP contribution in [-0.2, 0) is 4.79 Å². The van der Waals surface area contributed by atoms with Crippen LogP contribution in [0.5, 0.6) is 0 Å². The van der Waals surface area contributed by atoms with Crippen LogP contribution >= 0.6 is 11.8 Å². The number of carbonyl (C=O) groups is 2. The van der Waals surface area contributed by atoms with E-state index in [9.17, 15) is 9.59 Å². The topological polar surface area (TPSA) is 102 Å². The van der Waals surface area contributed by atoms with E-state index in [0.717, 1.165) is 17.0 Å². The number of thioether (sulfide) groups is 1. The van der Waals surface area contributed by atoms with Gasteiger partial charge in [0.25, 0.3) is 5.91 Å². The van der Waals surface area contributed by atoms with Gasteiger partial charge in [-0.15, -0.1) is 5.10 Å². The smallest absolute Gasteiger partial charge is 0.251 e. The second kappa shape index (κ2) is 9.83. The number of carbonyl (C=O) groups excluding carboxylic acids is 2. The standard InChI is InChI=1S/C20H22N6O2S/c1-14-4-3-5-15(12-14)19(27)23-18(10-11-29-2)20(28)22-16-6-8-17(9-7-16)26-13-21-24-25-26/h3-9,12-13,18H,10-11H2,1-2H3,(H,22,28)(H,23,27)/t18-/m0/s1. The Hall–Kier alpha value is -3.20. The first-order valence-corrected chi connectivity index (χ1v) is 10.5. The molecular formula is C20H22N6O2S. The van der Waals surface area contributed by atoms with Crippen molar-refractivity contribution in [3.05, 3.63) is 66.0 Å². The second-order valence-electron chi connectivity index (χ2n) is 6.47. The summed E-state index contributed by atoms with van der Waals surface area (Å²) in [6.07, 6.45) is 4.00. The molecule has 3 rings (SSSR count). The van der Waals surface area contributed by atoms with Gasteiger partial charge < -0.3 is 10.6 Å². The lowest BCUT2D eigenvalue weighted by Crippen LogP contribution is -2.44. The summed E-state index contributed by atoms with van der Waals surface area (Å²) in [6.45, 7) is 1.92. The summed E-state index contributed by atoms with van der Waals surface area (Å²) < 4.78 is 1.52. The van der Waals surface area contributed by atoms with Gasteiger partial charge in [-0.25, -0.2) is 4.68 Å². The highest BCUT2D eigenvalue weighted by Crippen LogP contribution is 2.14. The van der Waals surface area contributed by atoms with Crippen LogP contribution in [0.2, 0.25) is 0 Å². The highest BCUT2D eigenvalue weighted by molar-refractivity contribution is 7.98. The van der Waals surface area contributed by atoms with E-state index < -0.39 is 6.04 Å². The zero-order valence-electron chi connectivity index (χ0n) is 16.2. The minimum atomic E-state index is -0.630. The average molecular weight is 411 g/mol. The number of aromatic nitrogens is 4. The Balaban J connectivity index is 1.67. The fourth-order valence-electron chi connectivity index (χ4n) is 2.74. The summed E-state index contributed by atoms with van der Waals surface area (Å²) in [4.78, 5) is 25.4. The molecule has 0 radical (unpaired) electrons. The van der Waals surface area contributed by atoms with Crippen molar-refractivity contribution in [2.24, 2.45) is 0 Å². The number of hydrogen-bond donors (Lipinski definition) is 2. The van der Waals surface area contributed by atoms with Crippen LogP contribution in [0.3, 0.4) is 0 Å². The monoisotopic (exact) mass is 410 g/mol. The van der Waals surface area contributed by atoms with Crippen molar-refractivity contribution in [2.45, 2.75) is 19.4 Å². The fourth-order valence-corrected chi connectivity index (χ4v) is 3.21. The fraction of sp³-hybridized carbons (Fsp3) is 0.250. The van der Waals surface area contributed by atoms with Crippen LogP contribution < -0.4 is 10.6 Å². The summed E-state index contributed by atoms with van der Waals surface area (Å²) in [6, 6.07) is 13.8. The molecule has 0 aliphatic carbocycles. The number of nitrogens with one attached hydrogen (secondary N) is 2. The minimum absolute atomic E-state index is 0.254. The van der Waals surface area contributed by atoms with E-state index >= 15 is 0 Å².